The summed E-state index contributed by atoms with van der Waals surface area (Å²) in [4.78, 5) is 29.7. The zero-order valence-electron chi connectivity index (χ0n) is 26.6. The third kappa shape index (κ3) is 9.33. The van der Waals surface area contributed by atoms with Crippen LogP contribution in [0.3, 0.4) is 0 Å². The number of carbonyl (C=O) groups excluding carboxylic acids is 2. The highest BCUT2D eigenvalue weighted by Gasteiger charge is 2.35. The normalized spacial score (nSPS) is 12.5. The van der Waals surface area contributed by atoms with Crippen LogP contribution < -0.4 is 14.4 Å². The molecule has 47 heavy (non-hydrogen) atoms. The lowest BCUT2D eigenvalue weighted by Crippen LogP contribution is -2.54. The maximum Gasteiger partial charge on any atom is 0.264 e. The molecule has 2 amide bonds. The van der Waals surface area contributed by atoms with E-state index in [1.807, 2.05) is 51.1 Å². The molecule has 1 N–H and O–H groups in total. The molecule has 8 nitrogen and oxygen atoms in total. The van der Waals surface area contributed by atoms with E-state index in [1.54, 1.807) is 24.3 Å². The fourth-order valence-corrected chi connectivity index (χ4v) is 6.55. The standard InChI is InChI=1S/C36H39ClFN3O5S/c1-4-26(3)39-36(43)34(23-27-11-7-6-8-12-27)40(24-28-13-9-10-14-33(28)37)35(42)25-41(30-17-15-29(38)16-18-30)47(44,45)32-21-19-31(20-22-32)46-5-2/h6-22,26,34H,4-5,23-25H2,1-3H3,(H,39,43)/t26-,34-/m1/s1. The van der Waals surface area contributed by atoms with E-state index in [9.17, 15) is 22.4 Å². The van der Waals surface area contributed by atoms with Crippen molar-refractivity contribution in [1.29, 1.82) is 0 Å². The van der Waals surface area contributed by atoms with E-state index in [2.05, 4.69) is 5.32 Å². The summed E-state index contributed by atoms with van der Waals surface area (Å²) in [6.07, 6.45) is 0.836. The second-order valence-corrected chi connectivity index (χ2v) is 13.3. The molecule has 0 saturated heterocycles. The van der Waals surface area contributed by atoms with E-state index >= 15 is 0 Å². The van der Waals surface area contributed by atoms with Crippen molar-refractivity contribution < 1.29 is 27.1 Å². The van der Waals surface area contributed by atoms with Gasteiger partial charge in [-0.25, -0.2) is 12.8 Å². The van der Waals surface area contributed by atoms with Crippen LogP contribution in [0.1, 0.15) is 38.3 Å². The summed E-state index contributed by atoms with van der Waals surface area (Å²) in [6, 6.07) is 25.7. The van der Waals surface area contributed by atoms with Crippen molar-refractivity contribution >= 4 is 39.1 Å². The SMILES string of the molecule is CCOc1ccc(S(=O)(=O)N(CC(=O)N(Cc2ccccc2Cl)[C@H](Cc2ccccc2)C(=O)N[C@H](C)CC)c2ccc(F)cc2)cc1. The molecule has 0 aromatic heterocycles. The van der Waals surface area contributed by atoms with Gasteiger partial charge in [-0.1, -0.05) is 67.1 Å². The van der Waals surface area contributed by atoms with Crippen LogP contribution >= 0.6 is 11.6 Å². The number of benzene rings is 4. The molecule has 0 unspecified atom stereocenters. The van der Waals surface area contributed by atoms with E-state index in [-0.39, 0.29) is 35.5 Å². The van der Waals surface area contributed by atoms with E-state index in [1.165, 1.54) is 41.3 Å². The highest BCUT2D eigenvalue weighted by atomic mass is 35.5. The van der Waals surface area contributed by atoms with Crippen LogP contribution in [-0.2, 0) is 32.6 Å². The Labute approximate surface area is 281 Å². The van der Waals surface area contributed by atoms with Crippen molar-refractivity contribution in [3.05, 3.63) is 125 Å². The van der Waals surface area contributed by atoms with Gasteiger partial charge in [0.05, 0.1) is 17.2 Å². The van der Waals surface area contributed by atoms with Crippen LogP contribution in [0, 0.1) is 5.82 Å². The quantitative estimate of drug-likeness (QED) is 0.152. The molecular weight excluding hydrogens is 641 g/mol. The van der Waals surface area contributed by atoms with Crippen molar-refractivity contribution in [1.82, 2.24) is 10.2 Å². The third-order valence-electron chi connectivity index (χ3n) is 7.69. The fourth-order valence-electron chi connectivity index (χ4n) is 4.94. The topological polar surface area (TPSA) is 96.0 Å². The minimum atomic E-state index is -4.35. The van der Waals surface area contributed by atoms with Gasteiger partial charge in [0.1, 0.15) is 24.2 Å². The van der Waals surface area contributed by atoms with Crippen molar-refractivity contribution in [2.45, 2.75) is 57.1 Å². The minimum Gasteiger partial charge on any atom is -0.494 e. The zero-order valence-corrected chi connectivity index (χ0v) is 28.2. The van der Waals surface area contributed by atoms with Gasteiger partial charge in [0.25, 0.3) is 10.0 Å². The van der Waals surface area contributed by atoms with Crippen LogP contribution in [0.2, 0.25) is 5.02 Å². The number of anilines is 1. The number of carbonyl (C=O) groups is 2. The molecule has 0 aliphatic heterocycles. The number of hydrogen-bond acceptors (Lipinski definition) is 5. The first kappa shape index (κ1) is 35.4. The zero-order chi connectivity index (χ0) is 34.0. The number of rotatable bonds is 15. The molecular formula is C36H39ClFN3O5S. The second kappa shape index (κ2) is 16.4. The fraction of sp³-hybridized carbons (Fsp3) is 0.278. The lowest BCUT2D eigenvalue weighted by molar-refractivity contribution is -0.140. The molecule has 11 heteroatoms. The van der Waals surface area contributed by atoms with Gasteiger partial charge in [0.2, 0.25) is 11.8 Å². The van der Waals surface area contributed by atoms with Crippen molar-refractivity contribution in [2.75, 3.05) is 17.5 Å². The second-order valence-electron chi connectivity index (χ2n) is 11.0. The number of nitrogens with zero attached hydrogens (tertiary/aromatic N) is 2. The highest BCUT2D eigenvalue weighted by Crippen LogP contribution is 2.27. The van der Waals surface area contributed by atoms with Crippen LogP contribution in [-0.4, -0.2) is 50.4 Å². The van der Waals surface area contributed by atoms with Gasteiger partial charge in [-0.05, 0) is 86.0 Å². The predicted octanol–water partition coefficient (Wildman–Crippen LogP) is 6.63. The van der Waals surface area contributed by atoms with Crippen molar-refractivity contribution in [3.63, 3.8) is 0 Å². The molecule has 0 radical (unpaired) electrons. The summed E-state index contributed by atoms with van der Waals surface area (Å²) in [7, 11) is -4.35. The van der Waals surface area contributed by atoms with Crippen molar-refractivity contribution in [3.8, 4) is 5.75 Å². The van der Waals surface area contributed by atoms with E-state index in [0.29, 0.717) is 29.4 Å². The summed E-state index contributed by atoms with van der Waals surface area (Å²) in [5.41, 5.74) is 1.47. The maximum atomic E-state index is 14.5. The minimum absolute atomic E-state index is 0.0652. The Morgan fingerprint density at radius 2 is 1.53 bits per heavy atom. The van der Waals surface area contributed by atoms with E-state index in [0.717, 1.165) is 22.0 Å². The molecule has 0 fully saturated rings. The summed E-state index contributed by atoms with van der Waals surface area (Å²) >= 11 is 6.54. The number of hydrogen-bond donors (Lipinski definition) is 1. The Morgan fingerprint density at radius 1 is 0.894 bits per heavy atom. The first-order valence-corrected chi connectivity index (χ1v) is 17.2. The number of ether oxygens (including phenoxy) is 1. The lowest BCUT2D eigenvalue weighted by atomic mass is 10.0. The number of nitrogens with one attached hydrogen (secondary N) is 1. The van der Waals surface area contributed by atoms with Crippen LogP contribution in [0.4, 0.5) is 10.1 Å². The van der Waals surface area contributed by atoms with Gasteiger partial charge < -0.3 is 15.0 Å². The summed E-state index contributed by atoms with van der Waals surface area (Å²) in [6.45, 7) is 5.29. The number of amides is 2. The predicted molar refractivity (Wildman–Crippen MR) is 182 cm³/mol. The van der Waals surface area contributed by atoms with Gasteiger partial charge >= 0.3 is 0 Å². The Morgan fingerprint density at radius 3 is 2.15 bits per heavy atom. The Kier molecular flexibility index (Phi) is 12.4. The molecule has 248 valence electrons. The molecule has 4 rings (SSSR count). The average Bonchev–Trinajstić information content (AvgIpc) is 3.07. The molecule has 0 aliphatic carbocycles. The lowest BCUT2D eigenvalue weighted by Gasteiger charge is -2.34. The van der Waals surface area contributed by atoms with Gasteiger partial charge in [-0.3, -0.25) is 13.9 Å². The maximum absolute atomic E-state index is 14.5. The number of halogens is 2. The summed E-state index contributed by atoms with van der Waals surface area (Å²) in [5.74, 6) is -1.11. The molecule has 0 aliphatic rings. The number of sulfonamides is 1. The summed E-state index contributed by atoms with van der Waals surface area (Å²) in [5, 5.41) is 3.39. The molecule has 0 spiro atoms. The summed E-state index contributed by atoms with van der Waals surface area (Å²) < 4.78 is 48.7. The van der Waals surface area contributed by atoms with Crippen LogP contribution in [0.15, 0.2) is 108 Å². The molecule has 0 saturated carbocycles. The van der Waals surface area contributed by atoms with Gasteiger partial charge in [0, 0.05) is 24.0 Å². The molecule has 4 aromatic carbocycles. The smallest absolute Gasteiger partial charge is 0.264 e. The largest absolute Gasteiger partial charge is 0.494 e. The first-order chi connectivity index (χ1) is 22.5. The van der Waals surface area contributed by atoms with Gasteiger partial charge in [-0.15, -0.1) is 0 Å². The average molecular weight is 680 g/mol. The first-order valence-electron chi connectivity index (χ1n) is 15.4. The Hall–Kier alpha value is -4.41. The van der Waals surface area contributed by atoms with Gasteiger partial charge in [-0.2, -0.15) is 0 Å². The Bertz CT molecular complexity index is 1740. The molecule has 0 bridgehead atoms. The highest BCUT2D eigenvalue weighted by molar-refractivity contribution is 7.92. The third-order valence-corrected chi connectivity index (χ3v) is 9.84. The monoisotopic (exact) mass is 679 g/mol. The molecule has 4 aromatic rings. The van der Waals surface area contributed by atoms with E-state index in [4.69, 9.17) is 16.3 Å². The van der Waals surface area contributed by atoms with Crippen LogP contribution in [0.5, 0.6) is 5.75 Å². The van der Waals surface area contributed by atoms with Crippen molar-refractivity contribution in [2.24, 2.45) is 0 Å². The molecule has 2 atom stereocenters. The van der Waals surface area contributed by atoms with Gasteiger partial charge in [0.15, 0.2) is 0 Å². The Balaban J connectivity index is 1.80. The van der Waals surface area contributed by atoms with Crippen LogP contribution in [0.25, 0.3) is 0 Å². The molecule has 0 heterocycles. The van der Waals surface area contributed by atoms with E-state index < -0.39 is 34.3 Å².